The first kappa shape index (κ1) is 19.1. The van der Waals surface area contributed by atoms with Gasteiger partial charge in [-0.25, -0.2) is 0 Å². The first-order valence-electron chi connectivity index (χ1n) is 8.29. The van der Waals surface area contributed by atoms with Gasteiger partial charge in [0, 0.05) is 0 Å². The molecule has 3 aromatic carbocycles. The molecule has 4 nitrogen and oxygen atoms in total. The van der Waals surface area contributed by atoms with Crippen molar-refractivity contribution in [3.63, 3.8) is 0 Å². The number of nitrogens with one attached hydrogen (secondary N) is 1. The van der Waals surface area contributed by atoms with E-state index in [4.69, 9.17) is 9.72 Å². The van der Waals surface area contributed by atoms with Crippen molar-refractivity contribution in [2.24, 2.45) is 0 Å². The summed E-state index contributed by atoms with van der Waals surface area (Å²) < 4.78 is 7.56. The van der Waals surface area contributed by atoms with Gasteiger partial charge < -0.3 is 27.0 Å². The average Bonchev–Trinajstić information content (AvgIpc) is 3.13. The molecule has 0 spiro atoms. The van der Waals surface area contributed by atoms with Crippen molar-refractivity contribution in [1.29, 1.82) is 0 Å². The van der Waals surface area contributed by atoms with Crippen LogP contribution in [0.1, 0.15) is 0 Å². The Balaban J connectivity index is 0.00000210. The molecule has 1 aromatic heterocycles. The Kier molecular flexibility index (Phi) is 6.21. The van der Waals surface area contributed by atoms with Gasteiger partial charge in [-0.05, 0) is 41.4 Å². The van der Waals surface area contributed by atoms with Crippen molar-refractivity contribution >= 4 is 22.4 Å². The van der Waals surface area contributed by atoms with Gasteiger partial charge in [0.15, 0.2) is 0 Å². The van der Waals surface area contributed by atoms with Crippen molar-refractivity contribution in [2.75, 3.05) is 12.4 Å². The highest BCUT2D eigenvalue weighted by molar-refractivity contribution is 7.06. The topological polar surface area (TPSA) is 38.0 Å². The Hall–Kier alpha value is -2.70. The SMILES string of the molecule is COc1ccccc1Nc1nc(-c2ccccc2)[n+](-c2ccccc2)s1.[Br-]. The Bertz CT molecular complexity index is 949. The minimum Gasteiger partial charge on any atom is -1.00 e. The fourth-order valence-electron chi connectivity index (χ4n) is 2.71. The van der Waals surface area contributed by atoms with Gasteiger partial charge >= 0.3 is 11.0 Å². The van der Waals surface area contributed by atoms with E-state index in [9.17, 15) is 0 Å². The molecular formula is C21H18BrN3OS. The second-order valence-corrected chi connectivity index (χ2v) is 6.59. The molecule has 0 unspecified atom stereocenters. The molecule has 0 aliphatic rings. The molecule has 136 valence electrons. The zero-order chi connectivity index (χ0) is 17.8. The molecule has 0 bridgehead atoms. The lowest BCUT2D eigenvalue weighted by atomic mass is 10.2. The van der Waals surface area contributed by atoms with Crippen LogP contribution in [0.5, 0.6) is 5.75 Å². The van der Waals surface area contributed by atoms with E-state index in [1.54, 1.807) is 18.6 Å². The van der Waals surface area contributed by atoms with E-state index in [0.29, 0.717) is 0 Å². The Labute approximate surface area is 173 Å². The van der Waals surface area contributed by atoms with Gasteiger partial charge in [-0.3, -0.25) is 0 Å². The number of aromatic nitrogens is 2. The van der Waals surface area contributed by atoms with Crippen LogP contribution in [-0.4, -0.2) is 12.1 Å². The van der Waals surface area contributed by atoms with E-state index in [-0.39, 0.29) is 17.0 Å². The lowest BCUT2D eigenvalue weighted by Crippen LogP contribution is -3.00. The van der Waals surface area contributed by atoms with Gasteiger partial charge in [0.2, 0.25) is 0 Å². The Morgan fingerprint density at radius 2 is 1.48 bits per heavy atom. The van der Waals surface area contributed by atoms with Crippen LogP contribution in [0, 0.1) is 0 Å². The fourth-order valence-corrected chi connectivity index (χ4v) is 3.63. The molecule has 0 aliphatic heterocycles. The van der Waals surface area contributed by atoms with Gasteiger partial charge in [-0.1, -0.05) is 48.5 Å². The number of hydrogen-bond donors (Lipinski definition) is 1. The van der Waals surface area contributed by atoms with Crippen molar-refractivity contribution in [3.05, 3.63) is 84.9 Å². The number of rotatable bonds is 5. The molecule has 4 aromatic rings. The number of hydrogen-bond acceptors (Lipinski definition) is 4. The van der Waals surface area contributed by atoms with E-state index in [0.717, 1.165) is 33.6 Å². The van der Waals surface area contributed by atoms with Crippen LogP contribution in [-0.2, 0) is 0 Å². The van der Waals surface area contributed by atoms with Crippen molar-refractivity contribution in [3.8, 4) is 22.8 Å². The zero-order valence-corrected chi connectivity index (χ0v) is 17.1. The summed E-state index contributed by atoms with van der Waals surface area (Å²) in [5, 5.41) is 4.19. The summed E-state index contributed by atoms with van der Waals surface area (Å²) in [6.07, 6.45) is 0. The van der Waals surface area contributed by atoms with Crippen LogP contribution < -0.4 is 31.0 Å². The first-order chi connectivity index (χ1) is 12.8. The molecule has 0 fully saturated rings. The third kappa shape index (κ3) is 4.18. The second kappa shape index (κ2) is 8.79. The molecule has 0 saturated heterocycles. The lowest BCUT2D eigenvalue weighted by molar-refractivity contribution is -0.509. The standard InChI is InChI=1S/C21H17N3OS.BrH/c1-25-19-15-9-8-14-18(19)22-21-23-20(16-10-4-2-5-11-16)24(26-21)17-12-6-3-7-13-17;/h2-15H,1H3;1H. The van der Waals surface area contributed by atoms with Crippen molar-refractivity contribution in [1.82, 2.24) is 4.98 Å². The van der Waals surface area contributed by atoms with Gasteiger partial charge in [-0.2, -0.15) is 0 Å². The van der Waals surface area contributed by atoms with Crippen molar-refractivity contribution < 1.29 is 25.7 Å². The molecule has 6 heteroatoms. The third-order valence-corrected chi connectivity index (χ3v) is 4.88. The van der Waals surface area contributed by atoms with E-state index < -0.39 is 0 Å². The van der Waals surface area contributed by atoms with Crippen LogP contribution in [0.2, 0.25) is 0 Å². The normalized spacial score (nSPS) is 10.1. The van der Waals surface area contributed by atoms with Crippen LogP contribution >= 0.6 is 11.5 Å². The molecule has 0 aliphatic carbocycles. The Morgan fingerprint density at radius 3 is 2.19 bits per heavy atom. The minimum atomic E-state index is 0. The molecule has 0 atom stereocenters. The number of para-hydroxylation sites is 3. The highest BCUT2D eigenvalue weighted by Crippen LogP contribution is 2.29. The first-order valence-corrected chi connectivity index (χ1v) is 9.07. The molecule has 1 heterocycles. The fraction of sp³-hybridized carbons (Fsp3) is 0.0476. The molecule has 0 radical (unpaired) electrons. The van der Waals surface area contributed by atoms with Gasteiger partial charge in [0.05, 0.1) is 18.4 Å². The number of methoxy groups -OCH3 is 1. The maximum Gasteiger partial charge on any atom is 0.350 e. The smallest absolute Gasteiger partial charge is 0.350 e. The lowest BCUT2D eigenvalue weighted by Gasteiger charge is -2.05. The summed E-state index contributed by atoms with van der Waals surface area (Å²) in [5.41, 5.74) is 3.04. The number of anilines is 2. The molecular weight excluding hydrogens is 422 g/mol. The van der Waals surface area contributed by atoms with E-state index in [2.05, 4.69) is 33.5 Å². The summed E-state index contributed by atoms with van der Waals surface area (Å²) in [6.45, 7) is 0. The molecule has 0 amide bonds. The van der Waals surface area contributed by atoms with Crippen LogP contribution in [0.4, 0.5) is 10.8 Å². The predicted molar refractivity (Wildman–Crippen MR) is 105 cm³/mol. The summed E-state index contributed by atoms with van der Waals surface area (Å²) in [4.78, 5) is 4.84. The van der Waals surface area contributed by atoms with Crippen LogP contribution in [0.25, 0.3) is 17.1 Å². The molecule has 4 rings (SSSR count). The minimum absolute atomic E-state index is 0. The largest absolute Gasteiger partial charge is 1.00 e. The summed E-state index contributed by atoms with van der Waals surface area (Å²) in [5.74, 6) is 1.69. The second-order valence-electron chi connectivity index (χ2n) is 5.65. The number of nitrogens with zero attached hydrogens (tertiary/aromatic N) is 2. The molecule has 0 saturated carbocycles. The maximum atomic E-state index is 5.43. The van der Waals surface area contributed by atoms with Crippen LogP contribution in [0.15, 0.2) is 84.9 Å². The number of halogens is 1. The van der Waals surface area contributed by atoms with E-state index in [1.165, 1.54) is 0 Å². The van der Waals surface area contributed by atoms with Gasteiger partial charge in [0.25, 0.3) is 0 Å². The number of ether oxygens (including phenoxy) is 1. The summed E-state index contributed by atoms with van der Waals surface area (Å²) in [7, 11) is 1.67. The summed E-state index contributed by atoms with van der Waals surface area (Å²) in [6, 6.07) is 28.3. The Morgan fingerprint density at radius 1 is 0.852 bits per heavy atom. The third-order valence-electron chi connectivity index (χ3n) is 3.95. The monoisotopic (exact) mass is 439 g/mol. The van der Waals surface area contributed by atoms with Gasteiger partial charge in [0.1, 0.15) is 23.0 Å². The van der Waals surface area contributed by atoms with Crippen molar-refractivity contribution in [2.45, 2.75) is 0 Å². The van der Waals surface area contributed by atoms with Crippen LogP contribution in [0.3, 0.4) is 0 Å². The van der Waals surface area contributed by atoms with E-state index in [1.807, 2.05) is 60.7 Å². The molecule has 27 heavy (non-hydrogen) atoms. The summed E-state index contributed by atoms with van der Waals surface area (Å²) >= 11 is 1.56. The zero-order valence-electron chi connectivity index (χ0n) is 14.7. The van der Waals surface area contributed by atoms with Gasteiger partial charge in [-0.15, -0.1) is 3.96 Å². The quantitative estimate of drug-likeness (QED) is 0.482. The molecule has 1 N–H and O–H groups in total. The average molecular weight is 440 g/mol. The predicted octanol–water partition coefficient (Wildman–Crippen LogP) is 1.84. The maximum absolute atomic E-state index is 5.43. The highest BCUT2D eigenvalue weighted by atomic mass is 79.9. The van der Waals surface area contributed by atoms with E-state index >= 15 is 0 Å². The highest BCUT2D eigenvalue weighted by Gasteiger charge is 2.24. The number of benzene rings is 3.